The second kappa shape index (κ2) is 7.90. The smallest absolute Gasteiger partial charge is 0.191 e. The molecule has 2 rings (SSSR count). The van der Waals surface area contributed by atoms with E-state index in [1.807, 2.05) is 30.3 Å². The summed E-state index contributed by atoms with van der Waals surface area (Å²) in [6, 6.07) is 9.77. The van der Waals surface area contributed by atoms with Crippen molar-refractivity contribution >= 4 is 5.96 Å². The van der Waals surface area contributed by atoms with E-state index in [1.54, 1.807) is 0 Å². The fourth-order valence-corrected chi connectivity index (χ4v) is 2.03. The van der Waals surface area contributed by atoms with Crippen molar-refractivity contribution in [3.8, 4) is 0 Å². The molecular formula is C16H25N3O. The summed E-state index contributed by atoms with van der Waals surface area (Å²) in [5.41, 5.74) is 0.967. The summed E-state index contributed by atoms with van der Waals surface area (Å²) in [7, 11) is 0. The second-order valence-corrected chi connectivity index (χ2v) is 5.30. The molecule has 20 heavy (non-hydrogen) atoms. The Bertz CT molecular complexity index is 415. The Morgan fingerprint density at radius 3 is 2.70 bits per heavy atom. The molecule has 0 aliphatic heterocycles. The van der Waals surface area contributed by atoms with E-state index < -0.39 is 6.10 Å². The summed E-state index contributed by atoms with van der Waals surface area (Å²) in [5, 5.41) is 16.6. The van der Waals surface area contributed by atoms with Crippen molar-refractivity contribution in [2.45, 2.75) is 32.3 Å². The second-order valence-electron chi connectivity index (χ2n) is 5.30. The lowest BCUT2D eigenvalue weighted by atomic mass is 10.1. The third kappa shape index (κ3) is 5.21. The van der Waals surface area contributed by atoms with Gasteiger partial charge in [0.15, 0.2) is 5.96 Å². The number of hydrogen-bond donors (Lipinski definition) is 3. The van der Waals surface area contributed by atoms with Gasteiger partial charge in [-0.25, -0.2) is 0 Å². The van der Waals surface area contributed by atoms with E-state index in [-0.39, 0.29) is 0 Å². The van der Waals surface area contributed by atoms with Crippen molar-refractivity contribution in [3.63, 3.8) is 0 Å². The fourth-order valence-electron chi connectivity index (χ4n) is 2.03. The molecule has 0 heterocycles. The van der Waals surface area contributed by atoms with Crippen LogP contribution in [0.25, 0.3) is 0 Å². The third-order valence-electron chi connectivity index (χ3n) is 3.44. The van der Waals surface area contributed by atoms with Crippen LogP contribution in [0.2, 0.25) is 0 Å². The normalized spacial score (nSPS) is 16.8. The lowest BCUT2D eigenvalue weighted by Crippen LogP contribution is -2.38. The minimum Gasteiger partial charge on any atom is -0.388 e. The van der Waals surface area contributed by atoms with Gasteiger partial charge in [0.1, 0.15) is 0 Å². The van der Waals surface area contributed by atoms with E-state index in [2.05, 4.69) is 22.5 Å². The van der Waals surface area contributed by atoms with Crippen molar-refractivity contribution in [1.29, 1.82) is 0 Å². The van der Waals surface area contributed by atoms with E-state index in [1.165, 1.54) is 12.8 Å². The highest BCUT2D eigenvalue weighted by Crippen LogP contribution is 2.28. The monoisotopic (exact) mass is 275 g/mol. The molecule has 1 saturated carbocycles. The maximum Gasteiger partial charge on any atom is 0.191 e. The lowest BCUT2D eigenvalue weighted by molar-refractivity contribution is 0.168. The van der Waals surface area contributed by atoms with Gasteiger partial charge >= 0.3 is 0 Å². The topological polar surface area (TPSA) is 56.7 Å². The molecule has 3 N–H and O–H groups in total. The molecule has 0 radical (unpaired) electrons. The van der Waals surface area contributed by atoms with Gasteiger partial charge in [0.05, 0.1) is 6.10 Å². The maximum absolute atomic E-state index is 10.1. The summed E-state index contributed by atoms with van der Waals surface area (Å²) in [5.74, 6) is 1.65. The molecule has 110 valence electrons. The molecular weight excluding hydrogens is 250 g/mol. The standard InChI is InChI=1S/C16H25N3O/c1-2-17-16(19-12-13-8-9-13)18-11-10-15(20)14-6-4-3-5-7-14/h3-7,13,15,20H,2,8-12H2,1H3,(H2,17,18,19). The van der Waals surface area contributed by atoms with Crippen molar-refractivity contribution in [2.75, 3.05) is 19.6 Å². The molecule has 1 aromatic carbocycles. The Morgan fingerprint density at radius 1 is 1.30 bits per heavy atom. The Hall–Kier alpha value is -1.55. The average Bonchev–Trinajstić information content (AvgIpc) is 3.30. The van der Waals surface area contributed by atoms with Crippen LogP contribution >= 0.6 is 0 Å². The minimum absolute atomic E-state index is 0.421. The molecule has 1 aliphatic rings. The number of benzene rings is 1. The van der Waals surface area contributed by atoms with Gasteiger partial charge in [0.25, 0.3) is 0 Å². The van der Waals surface area contributed by atoms with E-state index in [0.717, 1.165) is 30.5 Å². The molecule has 1 unspecified atom stereocenters. The van der Waals surface area contributed by atoms with Crippen molar-refractivity contribution in [2.24, 2.45) is 10.9 Å². The highest BCUT2D eigenvalue weighted by molar-refractivity contribution is 5.79. The summed E-state index contributed by atoms with van der Waals surface area (Å²) >= 11 is 0. The molecule has 0 amide bonds. The van der Waals surface area contributed by atoms with Crippen LogP contribution in [0.3, 0.4) is 0 Å². The van der Waals surface area contributed by atoms with Gasteiger partial charge in [-0.05, 0) is 37.7 Å². The number of rotatable bonds is 7. The highest BCUT2D eigenvalue weighted by Gasteiger charge is 2.20. The van der Waals surface area contributed by atoms with E-state index >= 15 is 0 Å². The van der Waals surface area contributed by atoms with Crippen LogP contribution in [-0.4, -0.2) is 30.7 Å². The van der Waals surface area contributed by atoms with E-state index in [9.17, 15) is 5.11 Å². The van der Waals surface area contributed by atoms with Crippen LogP contribution in [0.4, 0.5) is 0 Å². The first-order chi connectivity index (χ1) is 9.79. The Morgan fingerprint density at radius 2 is 2.05 bits per heavy atom. The Kier molecular flexibility index (Phi) is 5.87. The fraction of sp³-hybridized carbons (Fsp3) is 0.562. The number of aliphatic imine (C=N–C) groups is 1. The molecule has 1 atom stereocenters. The molecule has 1 aromatic rings. The van der Waals surface area contributed by atoms with Crippen molar-refractivity contribution in [1.82, 2.24) is 10.6 Å². The van der Waals surface area contributed by atoms with Crippen LogP contribution in [0.1, 0.15) is 37.9 Å². The zero-order valence-corrected chi connectivity index (χ0v) is 12.2. The van der Waals surface area contributed by atoms with Crippen molar-refractivity contribution < 1.29 is 5.11 Å². The summed E-state index contributed by atoms with van der Waals surface area (Å²) in [6.45, 7) is 4.55. The van der Waals surface area contributed by atoms with Gasteiger partial charge in [0.2, 0.25) is 0 Å². The molecule has 0 aromatic heterocycles. The van der Waals surface area contributed by atoms with Crippen LogP contribution < -0.4 is 10.6 Å². The predicted octanol–water partition coefficient (Wildman–Crippen LogP) is 2.08. The first-order valence-electron chi connectivity index (χ1n) is 7.54. The van der Waals surface area contributed by atoms with Crippen LogP contribution in [-0.2, 0) is 0 Å². The number of aliphatic hydroxyl groups excluding tert-OH is 1. The molecule has 0 bridgehead atoms. The Labute approximate surface area is 121 Å². The first-order valence-corrected chi connectivity index (χ1v) is 7.54. The minimum atomic E-state index is -0.421. The molecule has 4 nitrogen and oxygen atoms in total. The highest BCUT2D eigenvalue weighted by atomic mass is 16.3. The van der Waals surface area contributed by atoms with Crippen molar-refractivity contribution in [3.05, 3.63) is 35.9 Å². The third-order valence-corrected chi connectivity index (χ3v) is 3.44. The van der Waals surface area contributed by atoms with Gasteiger partial charge in [0, 0.05) is 19.6 Å². The molecule has 4 heteroatoms. The van der Waals surface area contributed by atoms with Crippen LogP contribution in [0, 0.1) is 5.92 Å². The van der Waals surface area contributed by atoms with Gasteiger partial charge in [-0.3, -0.25) is 4.99 Å². The summed E-state index contributed by atoms with van der Waals surface area (Å²) in [4.78, 5) is 4.56. The van der Waals surface area contributed by atoms with Crippen LogP contribution in [0.15, 0.2) is 35.3 Å². The van der Waals surface area contributed by atoms with Crippen LogP contribution in [0.5, 0.6) is 0 Å². The summed E-state index contributed by atoms with van der Waals surface area (Å²) < 4.78 is 0. The van der Waals surface area contributed by atoms with Gasteiger partial charge in [-0.15, -0.1) is 0 Å². The number of guanidine groups is 1. The molecule has 1 aliphatic carbocycles. The lowest BCUT2D eigenvalue weighted by Gasteiger charge is -2.14. The first kappa shape index (κ1) is 14.9. The average molecular weight is 275 g/mol. The number of nitrogens with one attached hydrogen (secondary N) is 2. The SMILES string of the molecule is CCNC(=NCC1CC1)NCCC(O)c1ccccc1. The number of nitrogens with zero attached hydrogens (tertiary/aromatic N) is 1. The quantitative estimate of drug-likeness (QED) is 0.527. The number of hydrogen-bond acceptors (Lipinski definition) is 2. The predicted molar refractivity (Wildman–Crippen MR) is 82.7 cm³/mol. The largest absolute Gasteiger partial charge is 0.388 e. The summed E-state index contributed by atoms with van der Waals surface area (Å²) in [6.07, 6.45) is 2.89. The van der Waals surface area contributed by atoms with Gasteiger partial charge in [-0.1, -0.05) is 30.3 Å². The maximum atomic E-state index is 10.1. The number of aliphatic hydroxyl groups is 1. The van der Waals surface area contributed by atoms with Gasteiger partial charge < -0.3 is 15.7 Å². The zero-order chi connectivity index (χ0) is 14.2. The molecule has 0 spiro atoms. The molecule has 0 saturated heterocycles. The van der Waals surface area contributed by atoms with E-state index in [0.29, 0.717) is 13.0 Å². The zero-order valence-electron chi connectivity index (χ0n) is 12.2. The van der Waals surface area contributed by atoms with E-state index in [4.69, 9.17) is 0 Å². The Balaban J connectivity index is 1.73. The van der Waals surface area contributed by atoms with Gasteiger partial charge in [-0.2, -0.15) is 0 Å². The molecule has 1 fully saturated rings.